The van der Waals surface area contributed by atoms with Crippen LogP contribution in [0.2, 0.25) is 0 Å². The Balaban J connectivity index is 0.00000200. The third kappa shape index (κ3) is 3.52. The smallest absolute Gasteiger partial charge is 0.239 e. The maximum atomic E-state index is 12.3. The van der Waals surface area contributed by atoms with E-state index >= 15 is 0 Å². The summed E-state index contributed by atoms with van der Waals surface area (Å²) in [4.78, 5) is 14.2. The third-order valence-electron chi connectivity index (χ3n) is 4.24. The van der Waals surface area contributed by atoms with E-state index in [2.05, 4.69) is 12.0 Å². The molecule has 0 spiro atoms. The molecule has 0 aromatic carbocycles. The van der Waals surface area contributed by atoms with Crippen LogP contribution in [0.5, 0.6) is 0 Å². The summed E-state index contributed by atoms with van der Waals surface area (Å²) < 4.78 is 1.81. The number of aromatic nitrogens is 2. The number of hydrogen-bond donors (Lipinski definition) is 1. The lowest BCUT2D eigenvalue weighted by molar-refractivity contribution is -0.132. The lowest BCUT2D eigenvalue weighted by Gasteiger charge is -2.24. The Hall–Kier alpha value is -1.07. The maximum absolute atomic E-state index is 12.3. The molecule has 1 aromatic heterocycles. The lowest BCUT2D eigenvalue weighted by Crippen LogP contribution is -2.46. The highest BCUT2D eigenvalue weighted by Crippen LogP contribution is 2.27. The summed E-state index contributed by atoms with van der Waals surface area (Å²) in [5.74, 6) is 0.743. The van der Waals surface area contributed by atoms with E-state index in [1.165, 1.54) is 5.56 Å². The van der Waals surface area contributed by atoms with Crippen LogP contribution in [-0.4, -0.2) is 39.7 Å². The molecule has 1 saturated heterocycles. The number of likely N-dealkylation sites (tertiary alicyclic amines) is 1. The summed E-state index contributed by atoms with van der Waals surface area (Å²) in [5, 5.41) is 4.20. The summed E-state index contributed by atoms with van der Waals surface area (Å²) >= 11 is 0. The Kier molecular flexibility index (Phi) is 6.02. The molecule has 2 N–H and O–H groups in total. The van der Waals surface area contributed by atoms with Crippen LogP contribution in [0, 0.1) is 5.92 Å². The molecule has 2 heterocycles. The van der Waals surface area contributed by atoms with Crippen molar-refractivity contribution in [1.82, 2.24) is 14.7 Å². The largest absolute Gasteiger partial charge is 0.341 e. The molecule has 1 aromatic rings. The van der Waals surface area contributed by atoms with Crippen LogP contribution in [0.3, 0.4) is 0 Å². The molecule has 0 aliphatic carbocycles. The first kappa shape index (κ1) is 17.0. The Morgan fingerprint density at radius 1 is 1.60 bits per heavy atom. The fourth-order valence-corrected chi connectivity index (χ4v) is 2.59. The van der Waals surface area contributed by atoms with E-state index < -0.39 is 0 Å². The van der Waals surface area contributed by atoms with E-state index in [9.17, 15) is 4.79 Å². The van der Waals surface area contributed by atoms with Gasteiger partial charge in [0.15, 0.2) is 0 Å². The van der Waals surface area contributed by atoms with E-state index in [1.54, 1.807) is 0 Å². The maximum Gasteiger partial charge on any atom is 0.239 e. The zero-order valence-electron chi connectivity index (χ0n) is 12.5. The van der Waals surface area contributed by atoms with Crippen molar-refractivity contribution >= 4 is 18.3 Å². The zero-order chi connectivity index (χ0) is 14.0. The number of carbonyl (C=O) groups excluding carboxylic acids is 1. The normalized spacial score (nSPS) is 21.4. The quantitative estimate of drug-likeness (QED) is 0.917. The summed E-state index contributed by atoms with van der Waals surface area (Å²) in [5.41, 5.74) is 7.25. The number of amides is 1. The van der Waals surface area contributed by atoms with Gasteiger partial charge in [0, 0.05) is 32.3 Å². The van der Waals surface area contributed by atoms with E-state index in [1.807, 2.05) is 35.9 Å². The second kappa shape index (κ2) is 7.09. The van der Waals surface area contributed by atoms with E-state index in [-0.39, 0.29) is 30.3 Å². The molecule has 1 aliphatic heterocycles. The van der Waals surface area contributed by atoms with Crippen molar-refractivity contribution in [3.05, 3.63) is 18.0 Å². The van der Waals surface area contributed by atoms with E-state index in [0.29, 0.717) is 5.92 Å². The van der Waals surface area contributed by atoms with Gasteiger partial charge in [-0.05, 0) is 17.9 Å². The minimum Gasteiger partial charge on any atom is -0.341 e. The van der Waals surface area contributed by atoms with Gasteiger partial charge in [-0.3, -0.25) is 9.48 Å². The SMILES string of the molecule is CCC(C)C(N)C(=O)N1CCC(c2cnn(C)c2)C1.Cl. The Labute approximate surface area is 126 Å². The van der Waals surface area contributed by atoms with Gasteiger partial charge in [-0.15, -0.1) is 12.4 Å². The van der Waals surface area contributed by atoms with Crippen LogP contribution in [0.1, 0.15) is 38.2 Å². The molecule has 6 heteroatoms. The minimum atomic E-state index is -0.363. The van der Waals surface area contributed by atoms with Gasteiger partial charge in [-0.2, -0.15) is 5.10 Å². The van der Waals surface area contributed by atoms with Crippen molar-refractivity contribution in [2.24, 2.45) is 18.7 Å². The highest BCUT2D eigenvalue weighted by molar-refractivity contribution is 5.85. The average Bonchev–Trinajstić information content (AvgIpc) is 3.04. The van der Waals surface area contributed by atoms with E-state index in [4.69, 9.17) is 5.73 Å². The van der Waals surface area contributed by atoms with Gasteiger partial charge in [0.05, 0.1) is 12.2 Å². The number of aryl methyl sites for hydroxylation is 1. The van der Waals surface area contributed by atoms with Crippen molar-refractivity contribution in [2.75, 3.05) is 13.1 Å². The van der Waals surface area contributed by atoms with Crippen LogP contribution < -0.4 is 5.73 Å². The van der Waals surface area contributed by atoms with Crippen LogP contribution >= 0.6 is 12.4 Å². The van der Waals surface area contributed by atoms with Crippen LogP contribution in [0.15, 0.2) is 12.4 Å². The molecule has 1 aliphatic rings. The monoisotopic (exact) mass is 300 g/mol. The van der Waals surface area contributed by atoms with Crippen molar-refractivity contribution in [3.63, 3.8) is 0 Å². The molecule has 3 atom stereocenters. The fourth-order valence-electron chi connectivity index (χ4n) is 2.59. The summed E-state index contributed by atoms with van der Waals surface area (Å²) in [6, 6.07) is -0.363. The highest BCUT2D eigenvalue weighted by atomic mass is 35.5. The molecule has 0 radical (unpaired) electrons. The number of halogens is 1. The second-order valence-corrected chi connectivity index (χ2v) is 5.63. The number of nitrogens with two attached hydrogens (primary N) is 1. The van der Waals surface area contributed by atoms with Crippen LogP contribution in [-0.2, 0) is 11.8 Å². The first-order chi connectivity index (χ1) is 9.02. The Morgan fingerprint density at radius 2 is 2.30 bits per heavy atom. The summed E-state index contributed by atoms with van der Waals surface area (Å²) in [7, 11) is 1.92. The molecule has 20 heavy (non-hydrogen) atoms. The predicted molar refractivity (Wildman–Crippen MR) is 81.8 cm³/mol. The van der Waals surface area contributed by atoms with Crippen molar-refractivity contribution in [2.45, 2.75) is 38.6 Å². The summed E-state index contributed by atoms with van der Waals surface area (Å²) in [6.45, 7) is 5.69. The number of nitrogens with zero attached hydrogens (tertiary/aromatic N) is 3. The van der Waals surface area contributed by atoms with Gasteiger partial charge in [-0.25, -0.2) is 0 Å². The van der Waals surface area contributed by atoms with Crippen molar-refractivity contribution < 1.29 is 4.79 Å². The van der Waals surface area contributed by atoms with Crippen molar-refractivity contribution in [1.29, 1.82) is 0 Å². The van der Waals surface area contributed by atoms with Crippen LogP contribution in [0.4, 0.5) is 0 Å². The van der Waals surface area contributed by atoms with Gasteiger partial charge in [0.25, 0.3) is 0 Å². The molecule has 2 rings (SSSR count). The van der Waals surface area contributed by atoms with Gasteiger partial charge < -0.3 is 10.6 Å². The minimum absolute atomic E-state index is 0. The summed E-state index contributed by atoms with van der Waals surface area (Å²) in [6.07, 6.45) is 5.87. The lowest BCUT2D eigenvalue weighted by atomic mass is 9.99. The molecule has 5 nitrogen and oxygen atoms in total. The zero-order valence-corrected chi connectivity index (χ0v) is 13.3. The molecular weight excluding hydrogens is 276 g/mol. The van der Waals surface area contributed by atoms with Crippen LogP contribution in [0.25, 0.3) is 0 Å². The van der Waals surface area contributed by atoms with E-state index in [0.717, 1.165) is 25.9 Å². The Bertz CT molecular complexity index is 448. The topological polar surface area (TPSA) is 64.2 Å². The number of rotatable bonds is 4. The molecule has 3 unspecified atom stereocenters. The standard InChI is InChI=1S/C14H24N4O.ClH/c1-4-10(2)13(15)14(19)18-6-5-11(9-18)12-7-16-17(3)8-12;/h7-8,10-11,13H,4-6,9,15H2,1-3H3;1H. The molecular formula is C14H25ClN4O. The molecule has 1 amide bonds. The molecule has 114 valence electrons. The second-order valence-electron chi connectivity index (χ2n) is 5.63. The molecule has 1 fully saturated rings. The van der Waals surface area contributed by atoms with Gasteiger partial charge in [0.2, 0.25) is 5.91 Å². The highest BCUT2D eigenvalue weighted by Gasteiger charge is 2.32. The Morgan fingerprint density at radius 3 is 2.85 bits per heavy atom. The first-order valence-electron chi connectivity index (χ1n) is 7.05. The van der Waals surface area contributed by atoms with Gasteiger partial charge in [0.1, 0.15) is 0 Å². The molecule has 0 bridgehead atoms. The molecule has 0 saturated carbocycles. The third-order valence-corrected chi connectivity index (χ3v) is 4.24. The fraction of sp³-hybridized carbons (Fsp3) is 0.714. The average molecular weight is 301 g/mol. The van der Waals surface area contributed by atoms with Crippen molar-refractivity contribution in [3.8, 4) is 0 Å². The van der Waals surface area contributed by atoms with Gasteiger partial charge >= 0.3 is 0 Å². The van der Waals surface area contributed by atoms with Gasteiger partial charge in [-0.1, -0.05) is 20.3 Å². The predicted octanol–water partition coefficient (Wildman–Crippen LogP) is 1.53. The number of carbonyl (C=O) groups is 1. The first-order valence-corrected chi connectivity index (χ1v) is 7.05. The number of hydrogen-bond acceptors (Lipinski definition) is 3.